The summed E-state index contributed by atoms with van der Waals surface area (Å²) in [7, 11) is 0. The molecule has 1 aliphatic rings. The summed E-state index contributed by atoms with van der Waals surface area (Å²) >= 11 is 0. The van der Waals surface area contributed by atoms with Crippen LogP contribution in [0.5, 0.6) is 0 Å². The summed E-state index contributed by atoms with van der Waals surface area (Å²) < 4.78 is 0. The number of amides is 1. The lowest BCUT2D eigenvalue weighted by atomic mass is 10.1. The molecule has 0 saturated carbocycles. The minimum Gasteiger partial charge on any atom is -0.320 e. The van der Waals surface area contributed by atoms with Gasteiger partial charge in [-0.2, -0.15) is 0 Å². The maximum Gasteiger partial charge on any atom is 0.241 e. The van der Waals surface area contributed by atoms with Gasteiger partial charge in [-0.05, 0) is 25.6 Å². The zero-order valence-electron chi connectivity index (χ0n) is 12.7. The van der Waals surface area contributed by atoms with Crippen molar-refractivity contribution in [2.24, 2.45) is 0 Å². The number of nitrogens with one attached hydrogen (secondary N) is 1. The molecule has 0 aliphatic carbocycles. The van der Waals surface area contributed by atoms with E-state index in [1.807, 2.05) is 30.0 Å². The van der Waals surface area contributed by atoms with Crippen molar-refractivity contribution in [1.29, 1.82) is 0 Å². The first-order chi connectivity index (χ1) is 9.67. The summed E-state index contributed by atoms with van der Waals surface area (Å²) in [6.07, 6.45) is 0.00858. The molecule has 0 radical (unpaired) electrons. The number of carbonyl (C=O) groups excluding carboxylic acids is 1. The molecule has 0 bridgehead atoms. The van der Waals surface area contributed by atoms with Gasteiger partial charge in [0.05, 0.1) is 6.04 Å². The van der Waals surface area contributed by atoms with Crippen molar-refractivity contribution >= 4 is 5.91 Å². The average molecular weight is 275 g/mol. The molecule has 2 unspecified atom stereocenters. The smallest absolute Gasteiger partial charge is 0.241 e. The number of rotatable bonds is 6. The Labute approximate surface area is 121 Å². The molecule has 1 fully saturated rings. The summed E-state index contributed by atoms with van der Waals surface area (Å²) in [5, 5.41) is 3.39. The van der Waals surface area contributed by atoms with Crippen molar-refractivity contribution in [3.05, 3.63) is 35.9 Å². The maximum absolute atomic E-state index is 12.3. The van der Waals surface area contributed by atoms with Crippen LogP contribution in [0.2, 0.25) is 0 Å². The molecule has 1 saturated heterocycles. The SMILES string of the molecule is CCN(CC)CCN1C(=O)C(C)NC1c1ccccc1. The predicted molar refractivity (Wildman–Crippen MR) is 81.3 cm³/mol. The molecule has 1 aromatic carbocycles. The third-order valence-corrected chi connectivity index (χ3v) is 4.04. The third kappa shape index (κ3) is 3.19. The van der Waals surface area contributed by atoms with Gasteiger partial charge < -0.3 is 9.80 Å². The quantitative estimate of drug-likeness (QED) is 0.860. The molecule has 4 nitrogen and oxygen atoms in total. The van der Waals surface area contributed by atoms with Crippen LogP contribution in [-0.2, 0) is 4.79 Å². The molecule has 4 heteroatoms. The molecule has 2 rings (SSSR count). The zero-order valence-corrected chi connectivity index (χ0v) is 12.7. The number of benzene rings is 1. The maximum atomic E-state index is 12.3. The van der Waals surface area contributed by atoms with Gasteiger partial charge in [-0.1, -0.05) is 44.2 Å². The lowest BCUT2D eigenvalue weighted by Gasteiger charge is -2.27. The normalized spacial score (nSPS) is 22.8. The number of hydrogen-bond acceptors (Lipinski definition) is 3. The molecule has 1 amide bonds. The van der Waals surface area contributed by atoms with Gasteiger partial charge in [0, 0.05) is 13.1 Å². The van der Waals surface area contributed by atoms with E-state index in [9.17, 15) is 4.79 Å². The second-order valence-electron chi connectivity index (χ2n) is 5.26. The third-order valence-electron chi connectivity index (χ3n) is 4.04. The summed E-state index contributed by atoms with van der Waals surface area (Å²) in [4.78, 5) is 16.6. The van der Waals surface area contributed by atoms with E-state index in [-0.39, 0.29) is 18.1 Å². The number of likely N-dealkylation sites (N-methyl/N-ethyl adjacent to an activating group) is 1. The van der Waals surface area contributed by atoms with Crippen molar-refractivity contribution in [2.75, 3.05) is 26.2 Å². The van der Waals surface area contributed by atoms with E-state index in [1.165, 1.54) is 0 Å². The first kappa shape index (κ1) is 15.0. The van der Waals surface area contributed by atoms with Gasteiger partial charge in [0.25, 0.3) is 0 Å². The first-order valence-corrected chi connectivity index (χ1v) is 7.51. The van der Waals surface area contributed by atoms with E-state index in [0.717, 1.165) is 31.7 Å². The molecule has 1 heterocycles. The van der Waals surface area contributed by atoms with Crippen LogP contribution in [-0.4, -0.2) is 47.9 Å². The van der Waals surface area contributed by atoms with Gasteiger partial charge in [0.1, 0.15) is 6.17 Å². The lowest BCUT2D eigenvalue weighted by molar-refractivity contribution is -0.130. The molecule has 0 spiro atoms. The Bertz CT molecular complexity index is 431. The largest absolute Gasteiger partial charge is 0.320 e. The molecule has 0 aromatic heterocycles. The fraction of sp³-hybridized carbons (Fsp3) is 0.562. The topological polar surface area (TPSA) is 35.6 Å². The second-order valence-corrected chi connectivity index (χ2v) is 5.26. The Kier molecular flexibility index (Phi) is 5.15. The van der Waals surface area contributed by atoms with Crippen LogP contribution in [0.15, 0.2) is 30.3 Å². The van der Waals surface area contributed by atoms with E-state index in [0.29, 0.717) is 0 Å². The van der Waals surface area contributed by atoms with Gasteiger partial charge >= 0.3 is 0 Å². The van der Waals surface area contributed by atoms with Crippen LogP contribution in [0.1, 0.15) is 32.5 Å². The highest BCUT2D eigenvalue weighted by Gasteiger charge is 2.36. The summed E-state index contributed by atoms with van der Waals surface area (Å²) in [6, 6.07) is 10.1. The predicted octanol–water partition coefficient (Wildman–Crippen LogP) is 1.85. The van der Waals surface area contributed by atoms with Gasteiger partial charge in [-0.3, -0.25) is 10.1 Å². The molecule has 110 valence electrons. The Hall–Kier alpha value is -1.39. The van der Waals surface area contributed by atoms with Crippen molar-refractivity contribution in [1.82, 2.24) is 15.1 Å². The van der Waals surface area contributed by atoms with Crippen LogP contribution >= 0.6 is 0 Å². The lowest BCUT2D eigenvalue weighted by Crippen LogP contribution is -2.38. The Morgan fingerprint density at radius 1 is 1.20 bits per heavy atom. The van der Waals surface area contributed by atoms with E-state index in [4.69, 9.17) is 0 Å². The van der Waals surface area contributed by atoms with Crippen molar-refractivity contribution in [3.8, 4) is 0 Å². The Morgan fingerprint density at radius 2 is 1.85 bits per heavy atom. The highest BCUT2D eigenvalue weighted by atomic mass is 16.2. The van der Waals surface area contributed by atoms with Crippen molar-refractivity contribution < 1.29 is 4.79 Å². The van der Waals surface area contributed by atoms with Crippen LogP contribution in [0.4, 0.5) is 0 Å². The zero-order chi connectivity index (χ0) is 14.5. The van der Waals surface area contributed by atoms with Crippen molar-refractivity contribution in [2.45, 2.75) is 33.0 Å². The van der Waals surface area contributed by atoms with Crippen molar-refractivity contribution in [3.63, 3.8) is 0 Å². The number of hydrogen-bond donors (Lipinski definition) is 1. The monoisotopic (exact) mass is 275 g/mol. The van der Waals surface area contributed by atoms with E-state index < -0.39 is 0 Å². The minimum atomic E-state index is -0.100. The highest BCUT2D eigenvalue weighted by molar-refractivity contribution is 5.84. The van der Waals surface area contributed by atoms with E-state index in [1.54, 1.807) is 0 Å². The minimum absolute atomic E-state index is 0.00858. The number of carbonyl (C=O) groups is 1. The summed E-state index contributed by atoms with van der Waals surface area (Å²) in [5.41, 5.74) is 1.16. The van der Waals surface area contributed by atoms with Crippen LogP contribution in [0, 0.1) is 0 Å². The van der Waals surface area contributed by atoms with Gasteiger partial charge in [-0.15, -0.1) is 0 Å². The molecular formula is C16H25N3O. The van der Waals surface area contributed by atoms with E-state index in [2.05, 4.69) is 36.2 Å². The fourth-order valence-electron chi connectivity index (χ4n) is 2.71. The van der Waals surface area contributed by atoms with Crippen LogP contribution in [0.3, 0.4) is 0 Å². The van der Waals surface area contributed by atoms with Crippen LogP contribution < -0.4 is 5.32 Å². The van der Waals surface area contributed by atoms with E-state index >= 15 is 0 Å². The van der Waals surface area contributed by atoms with Crippen LogP contribution in [0.25, 0.3) is 0 Å². The van der Waals surface area contributed by atoms with Gasteiger partial charge in [-0.25, -0.2) is 0 Å². The average Bonchev–Trinajstić information content (AvgIpc) is 2.77. The molecule has 1 aromatic rings. The Morgan fingerprint density at radius 3 is 2.45 bits per heavy atom. The molecule has 1 aliphatic heterocycles. The summed E-state index contributed by atoms with van der Waals surface area (Å²) in [5.74, 6) is 0.200. The number of nitrogens with zero attached hydrogens (tertiary/aromatic N) is 2. The summed E-state index contributed by atoms with van der Waals surface area (Å²) in [6.45, 7) is 10.0. The van der Waals surface area contributed by atoms with Gasteiger partial charge in [0.2, 0.25) is 5.91 Å². The highest BCUT2D eigenvalue weighted by Crippen LogP contribution is 2.24. The molecule has 2 atom stereocenters. The fourth-order valence-corrected chi connectivity index (χ4v) is 2.71. The first-order valence-electron chi connectivity index (χ1n) is 7.51. The molecular weight excluding hydrogens is 250 g/mol. The standard InChI is InChI=1S/C16H25N3O/c1-4-18(5-2)11-12-19-15(17-13(3)16(19)20)14-9-7-6-8-10-14/h6-10,13,15,17H,4-5,11-12H2,1-3H3. The second kappa shape index (κ2) is 6.86. The molecule has 20 heavy (non-hydrogen) atoms. The molecule has 1 N–H and O–H groups in total. The Balaban J connectivity index is 2.08. The van der Waals surface area contributed by atoms with Gasteiger partial charge in [0.15, 0.2) is 0 Å².